The molecule has 1 fully saturated rings. The van der Waals surface area contributed by atoms with E-state index in [0.717, 1.165) is 43.7 Å². The van der Waals surface area contributed by atoms with Crippen LogP contribution in [0.2, 0.25) is 0 Å². The lowest BCUT2D eigenvalue weighted by atomic mass is 9.68. The van der Waals surface area contributed by atoms with Crippen molar-refractivity contribution in [2.75, 3.05) is 6.61 Å². The fourth-order valence-corrected chi connectivity index (χ4v) is 3.67. The van der Waals surface area contributed by atoms with Crippen molar-refractivity contribution in [2.24, 2.45) is 0 Å². The maximum Gasteiger partial charge on any atom is 0.416 e. The highest BCUT2D eigenvalue weighted by Crippen LogP contribution is 2.50. The van der Waals surface area contributed by atoms with Gasteiger partial charge in [0.15, 0.2) is 0 Å². The van der Waals surface area contributed by atoms with E-state index in [-0.39, 0.29) is 5.41 Å². The molecule has 1 spiro atoms. The quantitative estimate of drug-likeness (QED) is 0.610. The Morgan fingerprint density at radius 2 is 1.91 bits per heavy atom. The maximum atomic E-state index is 12.8. The Morgan fingerprint density at radius 1 is 1.23 bits per heavy atom. The van der Waals surface area contributed by atoms with Crippen LogP contribution in [-0.4, -0.2) is 6.61 Å². The van der Waals surface area contributed by atoms with Crippen molar-refractivity contribution in [3.05, 3.63) is 40.5 Å². The molecular weight excluding hydrogens is 289 g/mol. The second-order valence-corrected chi connectivity index (χ2v) is 6.52. The predicted octanol–water partition coefficient (Wildman–Crippen LogP) is 5.64. The predicted molar refractivity (Wildman–Crippen MR) is 80.1 cm³/mol. The zero-order chi connectivity index (χ0) is 16.0. The Morgan fingerprint density at radius 3 is 2.50 bits per heavy atom. The summed E-state index contributed by atoms with van der Waals surface area (Å²) >= 11 is 0. The van der Waals surface area contributed by atoms with Crippen LogP contribution in [-0.2, 0) is 11.6 Å². The molecule has 3 rings (SSSR count). The summed E-state index contributed by atoms with van der Waals surface area (Å²) in [4.78, 5) is 0. The fourth-order valence-electron chi connectivity index (χ4n) is 3.67. The zero-order valence-corrected chi connectivity index (χ0v) is 13.0. The molecule has 1 saturated carbocycles. The topological polar surface area (TPSA) is 9.23 Å². The van der Waals surface area contributed by atoms with Gasteiger partial charge in [0.1, 0.15) is 5.75 Å². The van der Waals surface area contributed by atoms with Crippen LogP contribution in [0, 0.1) is 0 Å². The molecule has 0 atom stereocenters. The number of halogens is 3. The van der Waals surface area contributed by atoms with Crippen molar-refractivity contribution in [1.82, 2.24) is 0 Å². The highest BCUT2D eigenvalue weighted by atomic mass is 19.4. The highest BCUT2D eigenvalue weighted by Gasteiger charge is 2.43. The third-order valence-corrected chi connectivity index (χ3v) is 5.33. The van der Waals surface area contributed by atoms with Gasteiger partial charge in [-0.3, -0.25) is 0 Å². The summed E-state index contributed by atoms with van der Waals surface area (Å²) in [5.41, 5.74) is 3.24. The molecular formula is C18H21F3O. The normalized spacial score (nSPS) is 24.3. The van der Waals surface area contributed by atoms with Crippen LogP contribution in [0.1, 0.15) is 57.1 Å². The first-order valence-corrected chi connectivity index (χ1v) is 7.88. The van der Waals surface area contributed by atoms with Crippen LogP contribution in [0.4, 0.5) is 13.2 Å². The highest BCUT2D eigenvalue weighted by molar-refractivity contribution is 5.47. The smallest absolute Gasteiger partial charge is 0.416 e. The molecule has 1 aromatic rings. The minimum absolute atomic E-state index is 0.0863. The lowest BCUT2D eigenvalue weighted by Gasteiger charge is -2.34. The monoisotopic (exact) mass is 310 g/mol. The number of benzene rings is 1. The molecule has 1 nitrogen and oxygen atoms in total. The molecule has 0 amide bonds. The van der Waals surface area contributed by atoms with E-state index < -0.39 is 11.7 Å². The van der Waals surface area contributed by atoms with Gasteiger partial charge in [-0.25, -0.2) is 0 Å². The summed E-state index contributed by atoms with van der Waals surface area (Å²) in [7, 11) is 0. The first-order valence-electron chi connectivity index (χ1n) is 7.88. The van der Waals surface area contributed by atoms with Crippen LogP contribution in [0.3, 0.4) is 0 Å². The van der Waals surface area contributed by atoms with E-state index in [1.807, 2.05) is 0 Å². The number of allylic oxidation sites excluding steroid dienone is 2. The third-order valence-electron chi connectivity index (χ3n) is 5.33. The second-order valence-electron chi connectivity index (χ2n) is 6.52. The van der Waals surface area contributed by atoms with Gasteiger partial charge in [-0.1, -0.05) is 24.1 Å². The molecule has 120 valence electrons. The molecule has 4 heteroatoms. The number of alkyl halides is 3. The molecule has 2 aliphatic rings. The Bertz CT molecular complexity index is 603. The summed E-state index contributed by atoms with van der Waals surface area (Å²) in [5.74, 6) is 0.425. The van der Waals surface area contributed by atoms with Crippen molar-refractivity contribution in [1.29, 1.82) is 0 Å². The number of rotatable bonds is 1. The minimum Gasteiger partial charge on any atom is -0.492 e. The standard InChI is InChI=1S/C18H21F3O/c1-3-12(2)13-6-8-17(9-7-13)11-22-16-10-14(18(19,20)21)4-5-15(16)17/h4-5,10H,3,6-9,11H2,1-2H3. The number of ether oxygens (including phenoxy) is 1. The molecule has 0 saturated heterocycles. The number of fused-ring (bicyclic) bond motifs is 2. The van der Waals surface area contributed by atoms with E-state index in [0.29, 0.717) is 12.4 Å². The van der Waals surface area contributed by atoms with Gasteiger partial charge in [0.25, 0.3) is 0 Å². The van der Waals surface area contributed by atoms with Crippen molar-refractivity contribution in [3.63, 3.8) is 0 Å². The van der Waals surface area contributed by atoms with E-state index in [1.54, 1.807) is 6.07 Å². The van der Waals surface area contributed by atoms with Gasteiger partial charge in [0.2, 0.25) is 0 Å². The molecule has 22 heavy (non-hydrogen) atoms. The molecule has 0 aromatic heterocycles. The molecule has 1 aliphatic carbocycles. The van der Waals surface area contributed by atoms with Crippen LogP contribution < -0.4 is 4.74 Å². The average Bonchev–Trinajstić information content (AvgIpc) is 2.85. The van der Waals surface area contributed by atoms with Crippen molar-refractivity contribution in [2.45, 2.75) is 57.5 Å². The fraction of sp³-hybridized carbons (Fsp3) is 0.556. The van der Waals surface area contributed by atoms with E-state index in [1.165, 1.54) is 17.2 Å². The van der Waals surface area contributed by atoms with E-state index >= 15 is 0 Å². The van der Waals surface area contributed by atoms with E-state index in [9.17, 15) is 13.2 Å². The molecule has 1 heterocycles. The summed E-state index contributed by atoms with van der Waals surface area (Å²) in [6.07, 6.45) is 0.766. The molecule has 0 N–H and O–H groups in total. The Balaban J connectivity index is 1.87. The first-order chi connectivity index (χ1) is 10.4. The number of hydrogen-bond acceptors (Lipinski definition) is 1. The summed E-state index contributed by atoms with van der Waals surface area (Å²) < 4.78 is 44.1. The maximum absolute atomic E-state index is 12.8. The van der Waals surface area contributed by atoms with Crippen molar-refractivity contribution < 1.29 is 17.9 Å². The Hall–Kier alpha value is -1.45. The molecule has 0 bridgehead atoms. The third kappa shape index (κ3) is 2.53. The van der Waals surface area contributed by atoms with Gasteiger partial charge in [0.05, 0.1) is 12.2 Å². The lowest BCUT2D eigenvalue weighted by Crippen LogP contribution is -2.31. The van der Waals surface area contributed by atoms with Crippen LogP contribution >= 0.6 is 0 Å². The van der Waals surface area contributed by atoms with Crippen LogP contribution in [0.5, 0.6) is 5.75 Å². The summed E-state index contributed by atoms with van der Waals surface area (Å²) in [6.45, 7) is 4.86. The zero-order valence-electron chi connectivity index (χ0n) is 13.0. The minimum atomic E-state index is -4.31. The Kier molecular flexibility index (Phi) is 3.74. The average molecular weight is 310 g/mol. The SMILES string of the molecule is CCC(C)=C1CCC2(CC1)COc1cc(C(F)(F)F)ccc12. The van der Waals surface area contributed by atoms with Crippen LogP contribution in [0.25, 0.3) is 0 Å². The van der Waals surface area contributed by atoms with E-state index in [4.69, 9.17) is 4.74 Å². The lowest BCUT2D eigenvalue weighted by molar-refractivity contribution is -0.137. The largest absolute Gasteiger partial charge is 0.492 e. The van der Waals surface area contributed by atoms with Gasteiger partial charge in [0, 0.05) is 11.0 Å². The molecule has 0 radical (unpaired) electrons. The molecule has 1 aliphatic heterocycles. The summed E-state index contributed by atoms with van der Waals surface area (Å²) in [6, 6.07) is 3.98. The van der Waals surface area contributed by atoms with Gasteiger partial charge in [-0.05, 0) is 51.2 Å². The van der Waals surface area contributed by atoms with Gasteiger partial charge in [-0.2, -0.15) is 13.2 Å². The van der Waals surface area contributed by atoms with E-state index in [2.05, 4.69) is 13.8 Å². The number of hydrogen-bond donors (Lipinski definition) is 0. The summed E-state index contributed by atoms with van der Waals surface area (Å²) in [5, 5.41) is 0. The Labute approximate surface area is 129 Å². The van der Waals surface area contributed by atoms with Crippen LogP contribution in [0.15, 0.2) is 29.3 Å². The van der Waals surface area contributed by atoms with Crippen molar-refractivity contribution >= 4 is 0 Å². The molecule has 0 unspecified atom stereocenters. The van der Waals surface area contributed by atoms with Gasteiger partial charge >= 0.3 is 6.18 Å². The van der Waals surface area contributed by atoms with Crippen molar-refractivity contribution in [3.8, 4) is 5.75 Å². The van der Waals surface area contributed by atoms with Gasteiger partial charge in [-0.15, -0.1) is 0 Å². The molecule has 1 aromatic carbocycles. The van der Waals surface area contributed by atoms with Gasteiger partial charge < -0.3 is 4.74 Å². The first kappa shape index (κ1) is 15.4. The second kappa shape index (κ2) is 5.32.